The van der Waals surface area contributed by atoms with E-state index in [2.05, 4.69) is 11.6 Å². The lowest BCUT2D eigenvalue weighted by Crippen LogP contribution is -2.37. The van der Waals surface area contributed by atoms with Crippen molar-refractivity contribution in [1.82, 2.24) is 4.98 Å². The fourth-order valence-electron chi connectivity index (χ4n) is 3.82. The van der Waals surface area contributed by atoms with Gasteiger partial charge in [-0.1, -0.05) is 24.8 Å². The fraction of sp³-hybridized carbons (Fsp3) is 0.409. The molecule has 0 aliphatic carbocycles. The second kappa shape index (κ2) is 9.43. The zero-order valence-electron chi connectivity index (χ0n) is 18.2. The molecular weight excluding hydrogens is 468 g/mol. The third-order valence-electron chi connectivity index (χ3n) is 5.88. The first-order valence-corrected chi connectivity index (χ1v) is 14.2. The van der Waals surface area contributed by atoms with Crippen LogP contribution in [0.25, 0.3) is 0 Å². The van der Waals surface area contributed by atoms with E-state index < -0.39 is 32.8 Å². The van der Waals surface area contributed by atoms with Gasteiger partial charge in [0.1, 0.15) is 11.5 Å². The number of ether oxygens (including phenoxy) is 2. The summed E-state index contributed by atoms with van der Waals surface area (Å²) in [7, 11) is -8.83. The molecule has 0 bridgehead atoms. The molecule has 2 aliphatic heterocycles. The van der Waals surface area contributed by atoms with Crippen molar-refractivity contribution >= 4 is 15.0 Å². The van der Waals surface area contributed by atoms with E-state index in [0.29, 0.717) is 35.8 Å². The van der Waals surface area contributed by atoms with Crippen molar-refractivity contribution in [3.63, 3.8) is 0 Å². The molecule has 2 fully saturated rings. The molecule has 1 aromatic carbocycles. The lowest BCUT2D eigenvalue weighted by molar-refractivity contribution is -0.0439. The molecule has 0 radical (unpaired) electrons. The van der Waals surface area contributed by atoms with Crippen molar-refractivity contribution in [1.29, 1.82) is 0 Å². The Labute approximate surface area is 192 Å². The van der Waals surface area contributed by atoms with Crippen LogP contribution in [-0.4, -0.2) is 39.9 Å². The van der Waals surface area contributed by atoms with E-state index in [-0.39, 0.29) is 5.92 Å². The van der Waals surface area contributed by atoms with Gasteiger partial charge in [0.05, 0.1) is 0 Å². The van der Waals surface area contributed by atoms with E-state index in [4.69, 9.17) is 18.5 Å². The van der Waals surface area contributed by atoms with Gasteiger partial charge in [0.15, 0.2) is 6.29 Å². The van der Waals surface area contributed by atoms with E-state index in [1.807, 2.05) is 0 Å². The standard InChI is InChI=1S/C22H27NO8P2/c1-16(18-9-12-28-13-10-18)29-20-7-5-19(6-8-20)21-30-32(2,25)22(24,33(26,27)31-21)14-17-4-3-11-23-15-17/h3-8,11,15,18,21,24H,1,9-10,12-14H2,2H3,(H,26,27). The van der Waals surface area contributed by atoms with Crippen molar-refractivity contribution < 1.29 is 37.7 Å². The smallest absolute Gasteiger partial charge is 0.372 e. The van der Waals surface area contributed by atoms with Crippen molar-refractivity contribution in [2.24, 2.45) is 5.92 Å². The largest absolute Gasteiger partial charge is 0.462 e. The van der Waals surface area contributed by atoms with Gasteiger partial charge in [-0.15, -0.1) is 0 Å². The summed E-state index contributed by atoms with van der Waals surface area (Å²) in [5.74, 6) is 1.40. The predicted octanol–water partition coefficient (Wildman–Crippen LogP) is 4.43. The summed E-state index contributed by atoms with van der Waals surface area (Å²) >= 11 is 0. The number of allylic oxidation sites excluding steroid dienone is 1. The maximum atomic E-state index is 13.3. The molecule has 2 aliphatic rings. The molecule has 2 N–H and O–H groups in total. The molecule has 4 rings (SSSR count). The van der Waals surface area contributed by atoms with Crippen molar-refractivity contribution in [3.05, 3.63) is 72.3 Å². The number of rotatable bonds is 6. The summed E-state index contributed by atoms with van der Waals surface area (Å²) in [4.78, 5) is 14.5. The first kappa shape index (κ1) is 24.3. The van der Waals surface area contributed by atoms with Crippen molar-refractivity contribution in [2.75, 3.05) is 19.9 Å². The zero-order valence-corrected chi connectivity index (χ0v) is 20.0. The van der Waals surface area contributed by atoms with E-state index in [9.17, 15) is 19.1 Å². The summed E-state index contributed by atoms with van der Waals surface area (Å²) in [5.41, 5.74) is 0.784. The molecule has 2 saturated heterocycles. The second-order valence-electron chi connectivity index (χ2n) is 8.25. The third-order valence-corrected chi connectivity index (χ3v) is 11.3. The molecule has 0 spiro atoms. The second-order valence-corrected chi connectivity index (χ2v) is 13.2. The van der Waals surface area contributed by atoms with Crippen LogP contribution in [0.4, 0.5) is 0 Å². The van der Waals surface area contributed by atoms with Crippen LogP contribution < -0.4 is 4.74 Å². The summed E-state index contributed by atoms with van der Waals surface area (Å²) in [6.45, 7) is 6.49. The maximum absolute atomic E-state index is 13.3. The number of pyridine rings is 1. The molecule has 4 unspecified atom stereocenters. The Morgan fingerprint density at radius 1 is 1.21 bits per heavy atom. The van der Waals surface area contributed by atoms with Crippen LogP contribution in [-0.2, 0) is 29.3 Å². The zero-order chi connectivity index (χ0) is 23.7. The maximum Gasteiger partial charge on any atom is 0.372 e. The van der Waals surface area contributed by atoms with Crippen LogP contribution in [0.5, 0.6) is 5.75 Å². The molecule has 0 amide bonds. The first-order valence-electron chi connectivity index (χ1n) is 10.5. The quantitative estimate of drug-likeness (QED) is 0.442. The lowest BCUT2D eigenvalue weighted by Gasteiger charge is -2.43. The Morgan fingerprint density at radius 2 is 1.91 bits per heavy atom. The molecule has 178 valence electrons. The number of aliphatic hydroxyl groups is 1. The number of aromatic nitrogens is 1. The Kier molecular flexibility index (Phi) is 6.95. The van der Waals surface area contributed by atoms with Crippen LogP contribution in [0.2, 0.25) is 0 Å². The van der Waals surface area contributed by atoms with Crippen molar-refractivity contribution in [2.45, 2.75) is 30.6 Å². The molecule has 11 heteroatoms. The number of benzene rings is 1. The minimum absolute atomic E-state index is 0.215. The number of nitrogens with zero attached hydrogens (tertiary/aromatic N) is 1. The molecular formula is C22H27NO8P2. The van der Waals surface area contributed by atoms with Crippen LogP contribution >= 0.6 is 15.0 Å². The number of hydrogen-bond acceptors (Lipinski definition) is 8. The van der Waals surface area contributed by atoms with Gasteiger partial charge >= 0.3 is 7.60 Å². The van der Waals surface area contributed by atoms with Crippen LogP contribution in [0.15, 0.2) is 61.1 Å². The average molecular weight is 495 g/mol. The predicted molar refractivity (Wildman–Crippen MR) is 121 cm³/mol. The summed E-state index contributed by atoms with van der Waals surface area (Å²) in [5, 5.41) is 8.43. The first-order chi connectivity index (χ1) is 15.6. The Morgan fingerprint density at radius 3 is 2.52 bits per heavy atom. The topological polar surface area (TPSA) is 124 Å². The molecule has 0 saturated carbocycles. The third kappa shape index (κ3) is 5.00. The SMILES string of the molecule is C=C(Oc1ccc(C2OP(C)(=O)C(O)(Cc3cccnc3)P(=O)(O)O2)cc1)C1CCOCC1. The van der Waals surface area contributed by atoms with E-state index in [0.717, 1.165) is 19.5 Å². The summed E-state index contributed by atoms with van der Waals surface area (Å²) in [6, 6.07) is 9.67. The molecule has 33 heavy (non-hydrogen) atoms. The van der Waals surface area contributed by atoms with Gasteiger partial charge in [0.25, 0.3) is 0 Å². The number of hydrogen-bond donors (Lipinski definition) is 2. The lowest BCUT2D eigenvalue weighted by atomic mass is 9.99. The molecule has 2 aromatic rings. The van der Waals surface area contributed by atoms with Gasteiger partial charge in [0.2, 0.25) is 12.5 Å². The van der Waals surface area contributed by atoms with Gasteiger partial charge in [-0.05, 0) is 36.6 Å². The highest BCUT2D eigenvalue weighted by Gasteiger charge is 2.64. The Balaban J connectivity index is 1.49. The van der Waals surface area contributed by atoms with E-state index in [1.54, 1.807) is 36.4 Å². The molecule has 4 atom stereocenters. The fourth-order valence-corrected chi connectivity index (χ4v) is 8.15. The van der Waals surface area contributed by atoms with Crippen LogP contribution in [0.1, 0.15) is 30.3 Å². The van der Waals surface area contributed by atoms with Gasteiger partial charge in [0, 0.05) is 50.2 Å². The normalized spacial score (nSPS) is 32.9. The van der Waals surface area contributed by atoms with Crippen LogP contribution in [0, 0.1) is 5.92 Å². The van der Waals surface area contributed by atoms with Gasteiger partial charge in [-0.3, -0.25) is 23.2 Å². The van der Waals surface area contributed by atoms with E-state index >= 15 is 0 Å². The van der Waals surface area contributed by atoms with Crippen molar-refractivity contribution in [3.8, 4) is 5.75 Å². The molecule has 3 heterocycles. The Bertz CT molecular complexity index is 1060. The monoisotopic (exact) mass is 495 g/mol. The minimum atomic E-state index is -4.79. The highest BCUT2D eigenvalue weighted by molar-refractivity contribution is 7.75. The van der Waals surface area contributed by atoms with Gasteiger partial charge in [-0.25, -0.2) is 0 Å². The highest BCUT2D eigenvalue weighted by Crippen LogP contribution is 2.79. The van der Waals surface area contributed by atoms with Gasteiger partial charge < -0.3 is 19.5 Å². The van der Waals surface area contributed by atoms with Gasteiger partial charge in [-0.2, -0.15) is 0 Å². The average Bonchev–Trinajstić information content (AvgIpc) is 2.79. The van der Waals surface area contributed by atoms with Crippen LogP contribution in [0.3, 0.4) is 0 Å². The molecule has 1 aromatic heterocycles. The highest BCUT2D eigenvalue weighted by atomic mass is 31.2. The summed E-state index contributed by atoms with van der Waals surface area (Å²) in [6.07, 6.45) is 2.83. The minimum Gasteiger partial charge on any atom is -0.462 e. The summed E-state index contributed by atoms with van der Waals surface area (Å²) < 4.78 is 48.4. The molecule has 9 nitrogen and oxygen atoms in total. The Hall–Kier alpha value is -1.83. The van der Waals surface area contributed by atoms with E-state index in [1.165, 1.54) is 12.4 Å².